The van der Waals surface area contributed by atoms with Crippen LogP contribution in [0.5, 0.6) is 5.75 Å². The van der Waals surface area contributed by atoms with E-state index < -0.39 is 15.0 Å². The number of carbonyl (C=O) groups is 1. The smallest absolute Gasteiger partial charge is 0.335 e. The lowest BCUT2D eigenvalue weighted by Gasteiger charge is -2.04. The van der Waals surface area contributed by atoms with Gasteiger partial charge in [0.1, 0.15) is 5.75 Å². The molecular weight excluding hydrogens is 244 g/mol. The zero-order valence-electron chi connectivity index (χ0n) is 7.60. The molecule has 7 heteroatoms. The first-order valence-electron chi connectivity index (χ1n) is 3.71. The molecule has 0 spiro atoms. The number of halogens is 1. The summed E-state index contributed by atoms with van der Waals surface area (Å²) >= 11 is 0. The van der Waals surface area contributed by atoms with E-state index in [1.807, 2.05) is 0 Å². The van der Waals surface area contributed by atoms with Crippen molar-refractivity contribution in [3.05, 3.63) is 23.8 Å². The van der Waals surface area contributed by atoms with Crippen molar-refractivity contribution >= 4 is 25.7 Å². The molecule has 1 N–H and O–H groups in total. The predicted molar refractivity (Wildman–Crippen MR) is 53.0 cm³/mol. The molecule has 1 aromatic carbocycles. The molecule has 0 aliphatic heterocycles. The van der Waals surface area contributed by atoms with Gasteiger partial charge in [-0.05, 0) is 12.1 Å². The van der Waals surface area contributed by atoms with Crippen molar-refractivity contribution in [2.75, 3.05) is 7.11 Å². The van der Waals surface area contributed by atoms with Gasteiger partial charge in [0.25, 0.3) is 9.05 Å². The summed E-state index contributed by atoms with van der Waals surface area (Å²) in [4.78, 5) is 10.4. The van der Waals surface area contributed by atoms with E-state index in [2.05, 4.69) is 0 Å². The van der Waals surface area contributed by atoms with Crippen LogP contribution in [0.15, 0.2) is 23.1 Å². The van der Waals surface area contributed by atoms with Gasteiger partial charge >= 0.3 is 5.97 Å². The average molecular weight is 251 g/mol. The van der Waals surface area contributed by atoms with Crippen LogP contribution < -0.4 is 4.74 Å². The van der Waals surface area contributed by atoms with Gasteiger partial charge < -0.3 is 9.84 Å². The molecule has 5 nitrogen and oxygen atoms in total. The fourth-order valence-corrected chi connectivity index (χ4v) is 1.75. The highest BCUT2D eigenvalue weighted by atomic mass is 35.7. The minimum absolute atomic E-state index is 0.120. The minimum Gasteiger partial charge on any atom is -0.497 e. The largest absolute Gasteiger partial charge is 0.497 e. The Morgan fingerprint density at radius 1 is 1.40 bits per heavy atom. The van der Waals surface area contributed by atoms with Crippen LogP contribution in [-0.2, 0) is 9.05 Å². The monoisotopic (exact) mass is 250 g/mol. The second kappa shape index (κ2) is 4.08. The standard InChI is InChI=1S/C8H7ClO5S/c1-14-6-2-5(8(10)11)3-7(4-6)15(9,12)13/h2-4H,1H3,(H,10,11). The summed E-state index contributed by atoms with van der Waals surface area (Å²) in [6.45, 7) is 0. The maximum absolute atomic E-state index is 11.0. The molecule has 15 heavy (non-hydrogen) atoms. The number of rotatable bonds is 3. The van der Waals surface area contributed by atoms with Crippen LogP contribution in [0.4, 0.5) is 0 Å². The van der Waals surface area contributed by atoms with Gasteiger partial charge in [-0.1, -0.05) is 0 Å². The first-order valence-corrected chi connectivity index (χ1v) is 6.02. The van der Waals surface area contributed by atoms with E-state index in [-0.39, 0.29) is 16.2 Å². The quantitative estimate of drug-likeness (QED) is 0.819. The van der Waals surface area contributed by atoms with Crippen molar-refractivity contribution in [1.82, 2.24) is 0 Å². The molecule has 0 aliphatic rings. The van der Waals surface area contributed by atoms with Crippen LogP contribution in [0.25, 0.3) is 0 Å². The summed E-state index contributed by atoms with van der Waals surface area (Å²) < 4.78 is 26.7. The Labute approximate surface area is 90.7 Å². The molecule has 0 aromatic heterocycles. The van der Waals surface area contributed by atoms with Crippen molar-refractivity contribution in [2.24, 2.45) is 0 Å². The SMILES string of the molecule is COc1cc(C(=O)O)cc(S(=O)(=O)Cl)c1. The normalized spacial score (nSPS) is 11.1. The van der Waals surface area contributed by atoms with Gasteiger partial charge in [0, 0.05) is 16.7 Å². The molecule has 0 heterocycles. The molecule has 82 valence electrons. The fraction of sp³-hybridized carbons (Fsp3) is 0.125. The van der Waals surface area contributed by atoms with E-state index in [0.29, 0.717) is 0 Å². The number of hydrogen-bond donors (Lipinski definition) is 1. The van der Waals surface area contributed by atoms with Crippen molar-refractivity contribution in [1.29, 1.82) is 0 Å². The molecule has 0 aliphatic carbocycles. The average Bonchev–Trinajstić information content (AvgIpc) is 2.15. The number of aromatic carboxylic acids is 1. The lowest BCUT2D eigenvalue weighted by molar-refractivity contribution is 0.0696. The van der Waals surface area contributed by atoms with Gasteiger partial charge in [-0.15, -0.1) is 0 Å². The highest BCUT2D eigenvalue weighted by Crippen LogP contribution is 2.23. The molecule has 0 unspecified atom stereocenters. The lowest BCUT2D eigenvalue weighted by atomic mass is 10.2. The molecule has 0 saturated carbocycles. The van der Waals surface area contributed by atoms with Crippen LogP contribution in [0.2, 0.25) is 0 Å². The fourth-order valence-electron chi connectivity index (χ4n) is 0.954. The topological polar surface area (TPSA) is 80.7 Å². The molecular formula is C8H7ClO5S. The van der Waals surface area contributed by atoms with Crippen LogP contribution in [-0.4, -0.2) is 26.6 Å². The van der Waals surface area contributed by atoms with Crippen LogP contribution >= 0.6 is 10.7 Å². The Kier molecular flexibility index (Phi) is 3.21. The van der Waals surface area contributed by atoms with Gasteiger partial charge in [-0.25, -0.2) is 13.2 Å². The zero-order valence-corrected chi connectivity index (χ0v) is 9.17. The van der Waals surface area contributed by atoms with Gasteiger partial charge in [0.05, 0.1) is 17.6 Å². The molecule has 0 bridgehead atoms. The molecule has 0 fully saturated rings. The molecule has 0 saturated heterocycles. The van der Waals surface area contributed by atoms with Gasteiger partial charge in [-0.3, -0.25) is 0 Å². The maximum Gasteiger partial charge on any atom is 0.335 e. The number of hydrogen-bond acceptors (Lipinski definition) is 4. The third kappa shape index (κ3) is 2.84. The molecule has 1 aromatic rings. The first kappa shape index (κ1) is 11.8. The van der Waals surface area contributed by atoms with Crippen LogP contribution in [0, 0.1) is 0 Å². The number of ether oxygens (including phenoxy) is 1. The highest BCUT2D eigenvalue weighted by Gasteiger charge is 2.15. The number of benzene rings is 1. The van der Waals surface area contributed by atoms with Crippen molar-refractivity contribution in [3.8, 4) is 5.75 Å². The Bertz CT molecular complexity index is 494. The highest BCUT2D eigenvalue weighted by molar-refractivity contribution is 8.13. The molecule has 0 atom stereocenters. The third-order valence-corrected chi connectivity index (χ3v) is 2.98. The summed E-state index contributed by atoms with van der Waals surface area (Å²) in [5.41, 5.74) is -0.200. The summed E-state index contributed by atoms with van der Waals surface area (Å²) in [5.74, 6) is -1.13. The van der Waals surface area contributed by atoms with E-state index in [9.17, 15) is 13.2 Å². The maximum atomic E-state index is 11.0. The molecule has 1 rings (SSSR count). The van der Waals surface area contributed by atoms with Crippen molar-refractivity contribution in [3.63, 3.8) is 0 Å². The Hall–Kier alpha value is -1.27. The van der Waals surface area contributed by atoms with E-state index >= 15 is 0 Å². The van der Waals surface area contributed by atoms with E-state index in [4.69, 9.17) is 20.5 Å². The van der Waals surface area contributed by atoms with Gasteiger partial charge in [-0.2, -0.15) is 0 Å². The zero-order chi connectivity index (χ0) is 11.6. The van der Waals surface area contributed by atoms with Crippen molar-refractivity contribution < 1.29 is 23.1 Å². The van der Waals surface area contributed by atoms with Crippen molar-refractivity contribution in [2.45, 2.75) is 4.90 Å². The van der Waals surface area contributed by atoms with Gasteiger partial charge in [0.15, 0.2) is 0 Å². The Morgan fingerprint density at radius 3 is 2.40 bits per heavy atom. The lowest BCUT2D eigenvalue weighted by Crippen LogP contribution is -2.00. The predicted octanol–water partition coefficient (Wildman–Crippen LogP) is 1.32. The van der Waals surface area contributed by atoms with E-state index in [0.717, 1.165) is 12.1 Å². The number of carboxylic acids is 1. The third-order valence-electron chi connectivity index (χ3n) is 1.64. The molecule has 0 amide bonds. The number of methoxy groups -OCH3 is 1. The summed E-state index contributed by atoms with van der Waals surface area (Å²) in [6.07, 6.45) is 0. The Balaban J connectivity index is 3.43. The van der Waals surface area contributed by atoms with Crippen LogP contribution in [0.1, 0.15) is 10.4 Å². The molecule has 0 radical (unpaired) electrons. The minimum atomic E-state index is -3.96. The first-order chi connectivity index (χ1) is 6.84. The van der Waals surface area contributed by atoms with E-state index in [1.165, 1.54) is 13.2 Å². The summed E-state index contributed by atoms with van der Waals surface area (Å²) in [6, 6.07) is 3.32. The number of carboxylic acid groups (broad SMARTS) is 1. The second-order valence-electron chi connectivity index (χ2n) is 2.64. The summed E-state index contributed by atoms with van der Waals surface area (Å²) in [7, 11) is 2.42. The van der Waals surface area contributed by atoms with Gasteiger partial charge in [0.2, 0.25) is 0 Å². The summed E-state index contributed by atoms with van der Waals surface area (Å²) in [5, 5.41) is 8.70. The van der Waals surface area contributed by atoms with E-state index in [1.54, 1.807) is 0 Å². The van der Waals surface area contributed by atoms with Crippen LogP contribution in [0.3, 0.4) is 0 Å². The Morgan fingerprint density at radius 2 is 2.00 bits per heavy atom. The second-order valence-corrected chi connectivity index (χ2v) is 5.21.